The molecular formula is C82H45N7O4S+6. The van der Waals surface area contributed by atoms with Gasteiger partial charge < -0.3 is 18.6 Å². The van der Waals surface area contributed by atoms with Crippen LogP contribution >= 0.6 is 11.3 Å². The summed E-state index contributed by atoms with van der Waals surface area (Å²) >= 11 is 1.83. The highest BCUT2D eigenvalue weighted by Gasteiger charge is 2.72. The van der Waals surface area contributed by atoms with Gasteiger partial charge in [0.25, 0.3) is 0 Å². The van der Waals surface area contributed by atoms with E-state index in [1.54, 1.807) is 6.26 Å². The average molecular weight is 1220 g/mol. The maximum atomic E-state index is 6.60. The average Bonchev–Trinajstić information content (AvgIpc) is 1.49. The lowest BCUT2D eigenvalue weighted by molar-refractivity contribution is -0.950. The second kappa shape index (κ2) is 15.6. The van der Waals surface area contributed by atoms with Crippen molar-refractivity contribution >= 4 is 108 Å². The Kier molecular flexibility index (Phi) is 7.93. The number of rotatable bonds is 0. The van der Waals surface area contributed by atoms with Crippen LogP contribution in [0.25, 0.3) is 131 Å². The molecule has 432 valence electrons. The fourth-order valence-electron chi connectivity index (χ4n) is 19.6. The minimum Gasteiger partial charge on any atom is -0.464 e. The molecule has 0 saturated carbocycles. The monoisotopic (exact) mass is 1220 g/mol. The third-order valence-corrected chi connectivity index (χ3v) is 23.5. The number of pyridine rings is 6. The molecule has 0 radical (unpaired) electrons. The van der Waals surface area contributed by atoms with Crippen molar-refractivity contribution in [1.29, 1.82) is 0 Å². The molecular weight excluding hydrogens is 1180 g/mol. The number of hydrogen-bond donors (Lipinski definition) is 0. The topological polar surface area (TPSA) is 69.0 Å². The molecule has 3 unspecified atom stereocenters. The first-order valence-electron chi connectivity index (χ1n) is 32.1. The summed E-state index contributed by atoms with van der Waals surface area (Å²) in [6.45, 7) is 0. The van der Waals surface area contributed by atoms with Gasteiger partial charge in [-0.3, -0.25) is 4.57 Å². The second-order valence-electron chi connectivity index (χ2n) is 26.2. The molecule has 9 aliphatic heterocycles. The SMILES string of the molecule is C[n+]1ccc2c3cccn4c3c3c5c(ccc3c21)Oc1cccc2c1C54[n+]1ccccc1-2.c1cc2c3c(c1)-c1cccc[n+]1C31c3c(ccc4c5occc5c5ccc[n+]1c5c34)O2.c1cc2c3c(c1)-c1cccc[n+]1C31c3c(ccc4c5sccc5c5ccc[n+]1c5c34)O2. The number of hydrogen-bond acceptors (Lipinski definition) is 5. The Morgan fingerprint density at radius 1 is 0.351 bits per heavy atom. The van der Waals surface area contributed by atoms with E-state index in [1.807, 2.05) is 11.3 Å². The Hall–Kier alpha value is -12.1. The van der Waals surface area contributed by atoms with E-state index < -0.39 is 17.0 Å². The van der Waals surface area contributed by atoms with E-state index >= 15 is 0 Å². The number of nitrogens with zero attached hydrogens (tertiary/aromatic N) is 7. The zero-order valence-electron chi connectivity index (χ0n) is 49.9. The number of benzene rings is 9. The van der Waals surface area contributed by atoms with Crippen LogP contribution in [-0.2, 0) is 24.0 Å². The predicted octanol–water partition coefficient (Wildman–Crippen LogP) is 15.2. The van der Waals surface area contributed by atoms with Crippen molar-refractivity contribution in [3.05, 3.63) is 289 Å². The van der Waals surface area contributed by atoms with Crippen LogP contribution < -0.4 is 41.6 Å². The second-order valence-corrected chi connectivity index (χ2v) is 27.2. The standard InChI is InChI=1S/C28H17N3O.C27H14N2O2.C27H14N2OS/c1-29-15-12-17-16-7-5-14-31-27(16)23-19(26(17)29)10-11-22-25(23)28(31)24-18(6-4-9-21(24)32-22)20-8-2-3-13-30(20)28;1-2-12-28-19(7-1)17-5-3-8-20-23(17)27(28)24-21(31-20)10-9-18-22(24)25-15(6-4-13-29(25)27)16-11-14-30-26(16)18;1-2-12-28-19(7-1)17-5-3-8-20-23(17)27(28)24-21(30-20)10-9-18-22(24)25-15(6-4-13-29(25)27)16-11-14-31-26(16)18/h2-15H,1H3;2*1-14H/q3*+2. The van der Waals surface area contributed by atoms with Crippen molar-refractivity contribution in [2.45, 2.75) is 17.0 Å². The van der Waals surface area contributed by atoms with Gasteiger partial charge in [-0.1, -0.05) is 24.3 Å². The molecule has 3 spiro atoms. The third-order valence-electron chi connectivity index (χ3n) is 22.5. The molecule has 12 heteroatoms. The highest BCUT2D eigenvalue weighted by Crippen LogP contribution is 2.63. The first-order valence-corrected chi connectivity index (χ1v) is 33.0. The van der Waals surface area contributed by atoms with Gasteiger partial charge in [-0.25, -0.2) is 4.57 Å². The zero-order chi connectivity index (χ0) is 60.6. The van der Waals surface area contributed by atoms with E-state index in [2.05, 4.69) is 288 Å². The van der Waals surface area contributed by atoms with Gasteiger partial charge in [0, 0.05) is 97.8 Å². The smallest absolute Gasteiger partial charge is 0.425 e. The predicted molar refractivity (Wildman–Crippen MR) is 358 cm³/mol. The molecule has 94 heavy (non-hydrogen) atoms. The Bertz CT molecular complexity index is 6570. The molecule has 18 aromatic rings. The summed E-state index contributed by atoms with van der Waals surface area (Å²) in [4.78, 5) is 0. The van der Waals surface area contributed by atoms with Crippen LogP contribution in [0.15, 0.2) is 260 Å². The number of aryl methyl sites for hydroxylation is 1. The van der Waals surface area contributed by atoms with Crippen LogP contribution in [0.3, 0.4) is 0 Å². The quantitative estimate of drug-likeness (QED) is 0.112. The molecule has 27 rings (SSSR count). The highest BCUT2D eigenvalue weighted by atomic mass is 32.1. The Morgan fingerprint density at radius 2 is 0.883 bits per heavy atom. The van der Waals surface area contributed by atoms with Crippen molar-refractivity contribution in [3.63, 3.8) is 0 Å². The highest BCUT2D eigenvalue weighted by molar-refractivity contribution is 7.18. The third kappa shape index (κ3) is 4.83. The number of thiophene rings is 1. The summed E-state index contributed by atoms with van der Waals surface area (Å²) in [7, 11) is 2.14. The van der Waals surface area contributed by atoms with E-state index in [9.17, 15) is 0 Å². The molecule has 0 aliphatic carbocycles. The van der Waals surface area contributed by atoms with E-state index in [1.165, 1.54) is 148 Å². The largest absolute Gasteiger partial charge is 0.464 e. The minimum atomic E-state index is -0.504. The van der Waals surface area contributed by atoms with E-state index in [0.717, 1.165) is 50.9 Å². The van der Waals surface area contributed by atoms with Crippen LogP contribution in [0.2, 0.25) is 0 Å². The first kappa shape index (κ1) is 47.8. The number of furan rings is 1. The molecule has 18 heterocycles. The lowest BCUT2D eigenvalue weighted by Gasteiger charge is -2.31. The molecule has 0 fully saturated rings. The molecule has 9 aliphatic rings. The molecule has 9 aromatic carbocycles. The van der Waals surface area contributed by atoms with Crippen molar-refractivity contribution in [1.82, 2.24) is 4.57 Å². The van der Waals surface area contributed by atoms with Crippen LogP contribution in [-0.4, -0.2) is 4.57 Å². The van der Waals surface area contributed by atoms with E-state index in [-0.39, 0.29) is 0 Å². The summed E-state index contributed by atoms with van der Waals surface area (Å²) in [5.74, 6) is 5.64. The van der Waals surface area contributed by atoms with E-state index in [4.69, 9.17) is 18.6 Å². The minimum absolute atomic E-state index is 0.457. The summed E-state index contributed by atoms with van der Waals surface area (Å²) < 4.78 is 44.1. The summed E-state index contributed by atoms with van der Waals surface area (Å²) in [5.41, 5.74) is 19.4. The summed E-state index contributed by atoms with van der Waals surface area (Å²) in [6.07, 6.45) is 17.3. The first-order chi connectivity index (χ1) is 46.6. The molecule has 9 aromatic heterocycles. The Balaban J connectivity index is 0.0000000855. The number of fused-ring (bicyclic) bond motifs is 15. The number of ether oxygens (including phenoxy) is 3. The van der Waals surface area contributed by atoms with Crippen LogP contribution in [0.4, 0.5) is 0 Å². The van der Waals surface area contributed by atoms with Gasteiger partial charge in [-0.05, 0) is 127 Å². The Labute approximate surface area is 536 Å². The molecule has 0 bridgehead atoms. The van der Waals surface area contributed by atoms with Crippen LogP contribution in [0, 0.1) is 0 Å². The molecule has 0 amide bonds. The van der Waals surface area contributed by atoms with Gasteiger partial charge in [0.05, 0.1) is 60.8 Å². The van der Waals surface area contributed by atoms with Gasteiger partial charge in [-0.2, -0.15) is 4.57 Å². The van der Waals surface area contributed by atoms with Crippen molar-refractivity contribution in [2.75, 3.05) is 0 Å². The lowest BCUT2D eigenvalue weighted by atomic mass is 9.86. The van der Waals surface area contributed by atoms with Gasteiger partial charge in [-0.15, -0.1) is 29.6 Å². The summed E-state index contributed by atoms with van der Waals surface area (Å²) in [6, 6.07) is 71.7. The van der Waals surface area contributed by atoms with Crippen molar-refractivity contribution < 1.29 is 46.0 Å². The molecule has 0 saturated heterocycles. The summed E-state index contributed by atoms with van der Waals surface area (Å²) in [5, 5.41) is 17.4. The molecule has 11 nitrogen and oxygen atoms in total. The van der Waals surface area contributed by atoms with Crippen molar-refractivity contribution in [3.8, 4) is 68.3 Å². The lowest BCUT2D eigenvalue weighted by Crippen LogP contribution is -2.71. The van der Waals surface area contributed by atoms with Crippen LogP contribution in [0.1, 0.15) is 33.4 Å². The van der Waals surface area contributed by atoms with Gasteiger partial charge in [0.1, 0.15) is 58.3 Å². The Morgan fingerprint density at radius 3 is 1.55 bits per heavy atom. The fraction of sp³-hybridized carbons (Fsp3) is 0.0488. The van der Waals surface area contributed by atoms with Gasteiger partial charge in [0.15, 0.2) is 59.4 Å². The number of aromatic nitrogens is 7. The molecule has 3 atom stereocenters. The van der Waals surface area contributed by atoms with Crippen LogP contribution in [0.5, 0.6) is 34.5 Å². The van der Waals surface area contributed by atoms with Gasteiger partial charge in [0.2, 0.25) is 33.6 Å². The van der Waals surface area contributed by atoms with E-state index in [0.29, 0.717) is 0 Å². The normalized spacial score (nSPS) is 18.6. The maximum Gasteiger partial charge on any atom is 0.425 e. The zero-order valence-corrected chi connectivity index (χ0v) is 50.7. The maximum absolute atomic E-state index is 6.60. The molecule has 0 N–H and O–H groups in total. The fourth-order valence-corrected chi connectivity index (χ4v) is 20.5. The van der Waals surface area contributed by atoms with Gasteiger partial charge >= 0.3 is 17.0 Å². The van der Waals surface area contributed by atoms with Crippen molar-refractivity contribution in [2.24, 2.45) is 7.05 Å².